The van der Waals surface area contributed by atoms with Crippen molar-refractivity contribution in [2.45, 2.75) is 13.3 Å². The summed E-state index contributed by atoms with van der Waals surface area (Å²) < 4.78 is 14.0. The van der Waals surface area contributed by atoms with Gasteiger partial charge in [-0.3, -0.25) is 10.1 Å². The predicted molar refractivity (Wildman–Crippen MR) is 62.4 cm³/mol. The first-order chi connectivity index (χ1) is 8.54. The van der Waals surface area contributed by atoms with Crippen molar-refractivity contribution in [3.05, 3.63) is 39.8 Å². The number of hydrogen-bond donors (Lipinski definition) is 0. The van der Waals surface area contributed by atoms with Gasteiger partial charge in [-0.2, -0.15) is 19.4 Å². The third-order valence-corrected chi connectivity index (χ3v) is 2.55. The Hall–Kier alpha value is -2.31. The SMILES string of the molecule is CCc1nn(C)nc1-c1cccc([N+](=O)[O-])c1F. The van der Waals surface area contributed by atoms with Gasteiger partial charge in [0.25, 0.3) is 0 Å². The Labute approximate surface area is 102 Å². The molecule has 0 saturated heterocycles. The van der Waals surface area contributed by atoms with Crippen molar-refractivity contribution in [2.75, 3.05) is 0 Å². The van der Waals surface area contributed by atoms with Crippen LogP contribution >= 0.6 is 0 Å². The van der Waals surface area contributed by atoms with Crippen molar-refractivity contribution < 1.29 is 9.31 Å². The van der Waals surface area contributed by atoms with Crippen molar-refractivity contribution in [1.82, 2.24) is 15.0 Å². The summed E-state index contributed by atoms with van der Waals surface area (Å²) in [4.78, 5) is 11.3. The average molecular weight is 250 g/mol. The molecule has 0 N–H and O–H groups in total. The second-order valence-corrected chi connectivity index (χ2v) is 3.73. The third kappa shape index (κ3) is 1.94. The van der Waals surface area contributed by atoms with Crippen molar-refractivity contribution >= 4 is 5.69 Å². The van der Waals surface area contributed by atoms with Crippen LogP contribution in [0.15, 0.2) is 18.2 Å². The third-order valence-electron chi connectivity index (χ3n) is 2.55. The Morgan fingerprint density at radius 3 is 2.78 bits per heavy atom. The monoisotopic (exact) mass is 250 g/mol. The van der Waals surface area contributed by atoms with E-state index in [4.69, 9.17) is 0 Å². The highest BCUT2D eigenvalue weighted by molar-refractivity contribution is 5.65. The number of aromatic nitrogens is 3. The molecule has 7 heteroatoms. The van der Waals surface area contributed by atoms with Gasteiger partial charge in [-0.05, 0) is 12.5 Å². The number of nitrogens with zero attached hydrogens (tertiary/aromatic N) is 4. The molecular formula is C11H11FN4O2. The van der Waals surface area contributed by atoms with Gasteiger partial charge in [-0.15, -0.1) is 0 Å². The first-order valence-corrected chi connectivity index (χ1v) is 5.38. The number of nitro groups is 1. The van der Waals surface area contributed by atoms with Crippen LogP contribution in [-0.2, 0) is 13.5 Å². The first-order valence-electron chi connectivity index (χ1n) is 5.38. The minimum absolute atomic E-state index is 0.106. The summed E-state index contributed by atoms with van der Waals surface area (Å²) in [6, 6.07) is 4.02. The van der Waals surface area contributed by atoms with Crippen LogP contribution in [0, 0.1) is 15.9 Å². The molecule has 1 heterocycles. The van der Waals surface area contributed by atoms with Crippen LogP contribution < -0.4 is 0 Å². The van der Waals surface area contributed by atoms with Crippen LogP contribution in [0.3, 0.4) is 0 Å². The van der Waals surface area contributed by atoms with Crippen LogP contribution in [0.2, 0.25) is 0 Å². The summed E-state index contributed by atoms with van der Waals surface area (Å²) in [5.74, 6) is -0.877. The van der Waals surface area contributed by atoms with E-state index in [-0.39, 0.29) is 5.56 Å². The molecule has 0 aliphatic heterocycles. The van der Waals surface area contributed by atoms with Gasteiger partial charge in [0.05, 0.1) is 10.6 Å². The molecule has 0 amide bonds. The lowest BCUT2D eigenvalue weighted by molar-refractivity contribution is -0.387. The number of aryl methyl sites for hydroxylation is 2. The molecule has 0 aliphatic rings. The quantitative estimate of drug-likeness (QED) is 0.617. The molecule has 18 heavy (non-hydrogen) atoms. The molecule has 0 atom stereocenters. The summed E-state index contributed by atoms with van der Waals surface area (Å²) in [7, 11) is 1.62. The van der Waals surface area contributed by atoms with E-state index in [0.29, 0.717) is 17.8 Å². The number of rotatable bonds is 3. The highest BCUT2D eigenvalue weighted by Crippen LogP contribution is 2.29. The summed E-state index contributed by atoms with van der Waals surface area (Å²) in [5.41, 5.74) is 0.507. The van der Waals surface area contributed by atoms with Crippen LogP contribution in [-0.4, -0.2) is 19.9 Å². The van der Waals surface area contributed by atoms with Crippen molar-refractivity contribution in [2.24, 2.45) is 7.05 Å². The molecule has 94 valence electrons. The van der Waals surface area contributed by atoms with E-state index in [0.717, 1.165) is 6.07 Å². The van der Waals surface area contributed by atoms with E-state index < -0.39 is 16.4 Å². The maximum Gasteiger partial charge on any atom is 0.305 e. The van der Waals surface area contributed by atoms with Gasteiger partial charge in [0, 0.05) is 18.7 Å². The number of halogens is 1. The van der Waals surface area contributed by atoms with Crippen LogP contribution in [0.4, 0.5) is 10.1 Å². The molecule has 2 rings (SSSR count). The normalized spacial score (nSPS) is 10.6. The fraction of sp³-hybridized carbons (Fsp3) is 0.273. The van der Waals surface area contributed by atoms with E-state index in [1.807, 2.05) is 6.92 Å². The van der Waals surface area contributed by atoms with E-state index in [9.17, 15) is 14.5 Å². The Morgan fingerprint density at radius 2 is 2.17 bits per heavy atom. The van der Waals surface area contributed by atoms with Crippen LogP contribution in [0.1, 0.15) is 12.6 Å². The molecule has 2 aromatic rings. The minimum atomic E-state index is -0.877. The van der Waals surface area contributed by atoms with Crippen LogP contribution in [0.25, 0.3) is 11.3 Å². The molecule has 0 spiro atoms. The average Bonchev–Trinajstić information content (AvgIpc) is 2.70. The fourth-order valence-corrected chi connectivity index (χ4v) is 1.74. The molecule has 0 bridgehead atoms. The van der Waals surface area contributed by atoms with Gasteiger partial charge in [0.1, 0.15) is 5.69 Å². The molecule has 0 unspecified atom stereocenters. The predicted octanol–water partition coefficient (Wildman–Crippen LogP) is 2.09. The van der Waals surface area contributed by atoms with Crippen molar-refractivity contribution in [1.29, 1.82) is 0 Å². The molecule has 6 nitrogen and oxygen atoms in total. The Bertz CT molecular complexity index is 609. The first kappa shape index (κ1) is 12.2. The second-order valence-electron chi connectivity index (χ2n) is 3.73. The molecule has 1 aromatic heterocycles. The van der Waals surface area contributed by atoms with E-state index in [1.165, 1.54) is 16.9 Å². The van der Waals surface area contributed by atoms with Gasteiger partial charge in [-0.1, -0.05) is 13.0 Å². The summed E-state index contributed by atoms with van der Waals surface area (Å²) in [5, 5.41) is 18.8. The Morgan fingerprint density at radius 1 is 1.44 bits per heavy atom. The lowest BCUT2D eigenvalue weighted by Crippen LogP contribution is -1.96. The van der Waals surface area contributed by atoms with Crippen molar-refractivity contribution in [3.63, 3.8) is 0 Å². The fourth-order valence-electron chi connectivity index (χ4n) is 1.74. The molecule has 0 fully saturated rings. The summed E-state index contributed by atoms with van der Waals surface area (Å²) in [6.45, 7) is 1.86. The minimum Gasteiger partial charge on any atom is -0.258 e. The Balaban J connectivity index is 2.64. The highest BCUT2D eigenvalue weighted by Gasteiger charge is 2.22. The van der Waals surface area contributed by atoms with Gasteiger partial charge in [0.15, 0.2) is 0 Å². The lowest BCUT2D eigenvalue weighted by atomic mass is 10.1. The smallest absolute Gasteiger partial charge is 0.258 e. The zero-order valence-corrected chi connectivity index (χ0v) is 9.92. The van der Waals surface area contributed by atoms with Gasteiger partial charge in [0.2, 0.25) is 5.82 Å². The molecule has 0 aliphatic carbocycles. The molecule has 0 saturated carbocycles. The van der Waals surface area contributed by atoms with Crippen LogP contribution in [0.5, 0.6) is 0 Å². The maximum absolute atomic E-state index is 14.0. The summed E-state index contributed by atoms with van der Waals surface area (Å²) in [6.07, 6.45) is 0.575. The Kier molecular flexibility index (Phi) is 3.05. The van der Waals surface area contributed by atoms with E-state index in [2.05, 4.69) is 10.2 Å². The number of benzene rings is 1. The van der Waals surface area contributed by atoms with Crippen molar-refractivity contribution in [3.8, 4) is 11.3 Å². The van der Waals surface area contributed by atoms with Gasteiger partial charge < -0.3 is 0 Å². The zero-order chi connectivity index (χ0) is 13.3. The highest BCUT2D eigenvalue weighted by atomic mass is 19.1. The topological polar surface area (TPSA) is 73.8 Å². The zero-order valence-electron chi connectivity index (χ0n) is 9.92. The maximum atomic E-state index is 14.0. The standard InChI is InChI=1S/C11H11FN4O2/c1-3-8-11(14-15(2)13-8)7-5-4-6-9(10(7)12)16(17)18/h4-6H,3H2,1-2H3. The van der Waals surface area contributed by atoms with Gasteiger partial charge in [-0.25, -0.2) is 0 Å². The molecule has 0 radical (unpaired) electrons. The summed E-state index contributed by atoms with van der Waals surface area (Å²) >= 11 is 0. The number of hydrogen-bond acceptors (Lipinski definition) is 4. The second kappa shape index (κ2) is 4.52. The molecule has 1 aromatic carbocycles. The largest absolute Gasteiger partial charge is 0.305 e. The number of nitro benzene ring substituents is 1. The lowest BCUT2D eigenvalue weighted by Gasteiger charge is -2.01. The molecular weight excluding hydrogens is 239 g/mol. The van der Waals surface area contributed by atoms with Gasteiger partial charge >= 0.3 is 5.69 Å². The van der Waals surface area contributed by atoms with E-state index >= 15 is 0 Å². The van der Waals surface area contributed by atoms with E-state index in [1.54, 1.807) is 7.05 Å².